The second-order valence-electron chi connectivity index (χ2n) is 7.85. The van der Waals surface area contributed by atoms with Gasteiger partial charge >= 0.3 is 0 Å². The Bertz CT molecular complexity index is 1330. The molecule has 9 heteroatoms. The van der Waals surface area contributed by atoms with Gasteiger partial charge in [0.2, 0.25) is 5.91 Å². The zero-order valence-corrected chi connectivity index (χ0v) is 21.4. The van der Waals surface area contributed by atoms with Crippen molar-refractivity contribution in [3.8, 4) is 28.6 Å². The van der Waals surface area contributed by atoms with Crippen molar-refractivity contribution in [3.05, 3.63) is 76.8 Å². The Morgan fingerprint density at radius 1 is 1.00 bits per heavy atom. The normalized spacial score (nSPS) is 10.8. The molecule has 7 nitrogen and oxygen atoms in total. The number of ether oxygens (including phenoxy) is 2. The number of nitrogens with zero attached hydrogens (tertiary/aromatic N) is 3. The fraction of sp³-hybridized carbons (Fsp3) is 0.192. The molecule has 1 heterocycles. The highest BCUT2D eigenvalue weighted by Crippen LogP contribution is 2.31. The van der Waals surface area contributed by atoms with E-state index in [4.69, 9.17) is 21.1 Å². The predicted octanol–water partition coefficient (Wildman–Crippen LogP) is 5.95. The lowest BCUT2D eigenvalue weighted by Crippen LogP contribution is -2.16. The van der Waals surface area contributed by atoms with Gasteiger partial charge in [0.05, 0.1) is 30.7 Å². The molecule has 0 atom stereocenters. The van der Waals surface area contributed by atoms with Gasteiger partial charge in [-0.25, -0.2) is 0 Å². The SMILES string of the molecule is COc1ccc(-n2c(SCC(=O)Nc3c(C)cc(C)cc3Cl)nnc2-c2cccc(OC)c2)cc1. The molecule has 0 aliphatic carbocycles. The van der Waals surface area contributed by atoms with E-state index in [9.17, 15) is 4.79 Å². The Kier molecular flexibility index (Phi) is 7.63. The van der Waals surface area contributed by atoms with Gasteiger partial charge in [-0.1, -0.05) is 41.6 Å². The Morgan fingerprint density at radius 3 is 2.43 bits per heavy atom. The van der Waals surface area contributed by atoms with Crippen LogP contribution in [0.1, 0.15) is 11.1 Å². The summed E-state index contributed by atoms with van der Waals surface area (Å²) in [5, 5.41) is 12.8. The van der Waals surface area contributed by atoms with E-state index in [1.165, 1.54) is 11.8 Å². The predicted molar refractivity (Wildman–Crippen MR) is 140 cm³/mol. The number of anilines is 1. The fourth-order valence-corrected chi connectivity index (χ4v) is 4.78. The van der Waals surface area contributed by atoms with Crippen LogP contribution < -0.4 is 14.8 Å². The Labute approximate surface area is 213 Å². The summed E-state index contributed by atoms with van der Waals surface area (Å²) in [6.07, 6.45) is 0. The highest BCUT2D eigenvalue weighted by Gasteiger charge is 2.19. The minimum Gasteiger partial charge on any atom is -0.497 e. The van der Waals surface area contributed by atoms with Crippen molar-refractivity contribution in [1.82, 2.24) is 14.8 Å². The van der Waals surface area contributed by atoms with Gasteiger partial charge in [-0.15, -0.1) is 10.2 Å². The summed E-state index contributed by atoms with van der Waals surface area (Å²) >= 11 is 7.64. The summed E-state index contributed by atoms with van der Waals surface area (Å²) in [5.74, 6) is 2.04. The molecule has 3 aromatic carbocycles. The van der Waals surface area contributed by atoms with Gasteiger partial charge in [-0.05, 0) is 67.4 Å². The lowest BCUT2D eigenvalue weighted by atomic mass is 10.1. The number of nitrogens with one attached hydrogen (secondary N) is 1. The average molecular weight is 509 g/mol. The maximum absolute atomic E-state index is 12.8. The van der Waals surface area contributed by atoms with Crippen LogP contribution in [0, 0.1) is 13.8 Å². The number of rotatable bonds is 8. The Balaban J connectivity index is 1.63. The van der Waals surface area contributed by atoms with E-state index in [1.807, 2.05) is 79.1 Å². The van der Waals surface area contributed by atoms with Crippen LogP contribution >= 0.6 is 23.4 Å². The maximum atomic E-state index is 12.8. The third kappa shape index (κ3) is 5.61. The molecule has 1 aromatic heterocycles. The van der Waals surface area contributed by atoms with Gasteiger partial charge < -0.3 is 14.8 Å². The third-order valence-corrected chi connectivity index (χ3v) is 6.55. The molecule has 0 fully saturated rings. The van der Waals surface area contributed by atoms with Crippen molar-refractivity contribution >= 4 is 35.0 Å². The molecule has 1 amide bonds. The molecule has 4 rings (SSSR count). The highest BCUT2D eigenvalue weighted by molar-refractivity contribution is 7.99. The molecule has 180 valence electrons. The molecular weight excluding hydrogens is 484 g/mol. The van der Waals surface area contributed by atoms with Crippen LogP contribution in [-0.2, 0) is 4.79 Å². The van der Waals surface area contributed by atoms with Gasteiger partial charge in [-0.3, -0.25) is 9.36 Å². The first-order valence-corrected chi connectivity index (χ1v) is 12.2. The van der Waals surface area contributed by atoms with Crippen molar-refractivity contribution < 1.29 is 14.3 Å². The summed E-state index contributed by atoms with van der Waals surface area (Å²) in [4.78, 5) is 12.8. The van der Waals surface area contributed by atoms with E-state index in [1.54, 1.807) is 14.2 Å². The van der Waals surface area contributed by atoms with E-state index in [0.29, 0.717) is 27.4 Å². The zero-order chi connectivity index (χ0) is 24.9. The maximum Gasteiger partial charge on any atom is 0.234 e. The fourth-order valence-electron chi connectivity index (χ4n) is 3.66. The molecule has 0 aliphatic heterocycles. The molecule has 0 saturated carbocycles. The topological polar surface area (TPSA) is 78.3 Å². The van der Waals surface area contributed by atoms with Crippen molar-refractivity contribution in [2.75, 3.05) is 25.3 Å². The average Bonchev–Trinajstić information content (AvgIpc) is 3.29. The summed E-state index contributed by atoms with van der Waals surface area (Å²) in [6.45, 7) is 3.88. The number of carbonyl (C=O) groups is 1. The van der Waals surface area contributed by atoms with Crippen molar-refractivity contribution in [1.29, 1.82) is 0 Å². The van der Waals surface area contributed by atoms with Gasteiger partial charge in [0.15, 0.2) is 11.0 Å². The molecule has 0 saturated heterocycles. The smallest absolute Gasteiger partial charge is 0.234 e. The van der Waals surface area contributed by atoms with Crippen LogP contribution in [0.2, 0.25) is 5.02 Å². The highest BCUT2D eigenvalue weighted by atomic mass is 35.5. The quantitative estimate of drug-likeness (QED) is 0.296. The number of methoxy groups -OCH3 is 2. The molecule has 0 unspecified atom stereocenters. The van der Waals surface area contributed by atoms with E-state index in [0.717, 1.165) is 28.1 Å². The molecular formula is C26H25ClN4O3S. The zero-order valence-electron chi connectivity index (χ0n) is 19.8. The number of hydrogen-bond donors (Lipinski definition) is 1. The molecule has 0 bridgehead atoms. The number of benzene rings is 3. The third-order valence-electron chi connectivity index (χ3n) is 5.32. The van der Waals surface area contributed by atoms with Crippen LogP contribution in [0.15, 0.2) is 65.8 Å². The van der Waals surface area contributed by atoms with E-state index in [2.05, 4.69) is 15.5 Å². The molecule has 1 N–H and O–H groups in total. The lowest BCUT2D eigenvalue weighted by Gasteiger charge is -2.13. The number of halogens is 1. The second-order valence-corrected chi connectivity index (χ2v) is 9.20. The summed E-state index contributed by atoms with van der Waals surface area (Å²) < 4.78 is 12.6. The number of carbonyl (C=O) groups excluding carboxylic acids is 1. The largest absolute Gasteiger partial charge is 0.497 e. The Morgan fingerprint density at radius 2 is 1.74 bits per heavy atom. The van der Waals surface area contributed by atoms with Gasteiger partial charge in [0.25, 0.3) is 0 Å². The first kappa shape index (κ1) is 24.6. The molecule has 0 spiro atoms. The number of aryl methyl sites for hydroxylation is 2. The van der Waals surface area contributed by atoms with Crippen LogP contribution in [0.5, 0.6) is 11.5 Å². The van der Waals surface area contributed by atoms with E-state index < -0.39 is 0 Å². The number of aromatic nitrogens is 3. The van der Waals surface area contributed by atoms with E-state index in [-0.39, 0.29) is 11.7 Å². The first-order valence-electron chi connectivity index (χ1n) is 10.8. The Hall–Kier alpha value is -3.49. The lowest BCUT2D eigenvalue weighted by molar-refractivity contribution is -0.113. The van der Waals surface area contributed by atoms with E-state index >= 15 is 0 Å². The molecule has 0 aliphatic rings. The van der Waals surface area contributed by atoms with Crippen LogP contribution in [-0.4, -0.2) is 40.6 Å². The second kappa shape index (κ2) is 10.8. The van der Waals surface area contributed by atoms with Crippen LogP contribution in [0.4, 0.5) is 5.69 Å². The van der Waals surface area contributed by atoms with Gasteiger partial charge in [0, 0.05) is 11.3 Å². The molecule has 0 radical (unpaired) electrons. The van der Waals surface area contributed by atoms with Gasteiger partial charge in [-0.2, -0.15) is 0 Å². The molecule has 35 heavy (non-hydrogen) atoms. The first-order chi connectivity index (χ1) is 16.9. The summed E-state index contributed by atoms with van der Waals surface area (Å²) in [5.41, 5.74) is 4.25. The minimum atomic E-state index is -0.184. The van der Waals surface area contributed by atoms with Crippen molar-refractivity contribution in [3.63, 3.8) is 0 Å². The van der Waals surface area contributed by atoms with Crippen LogP contribution in [0.25, 0.3) is 17.1 Å². The standard InChI is InChI=1S/C26H25ClN4O3S/c1-16-12-17(2)24(22(27)13-16)28-23(32)15-35-26-30-29-25(18-6-5-7-21(14-18)34-4)31(26)19-8-10-20(33-3)11-9-19/h5-14H,15H2,1-4H3,(H,28,32). The number of amides is 1. The molecule has 4 aromatic rings. The van der Waals surface area contributed by atoms with Crippen molar-refractivity contribution in [2.45, 2.75) is 19.0 Å². The summed E-state index contributed by atoms with van der Waals surface area (Å²) in [6, 6.07) is 19.0. The number of thioether (sulfide) groups is 1. The minimum absolute atomic E-state index is 0.135. The summed E-state index contributed by atoms with van der Waals surface area (Å²) in [7, 11) is 3.24. The van der Waals surface area contributed by atoms with Crippen LogP contribution in [0.3, 0.4) is 0 Å². The van der Waals surface area contributed by atoms with Gasteiger partial charge in [0.1, 0.15) is 11.5 Å². The van der Waals surface area contributed by atoms with Crippen molar-refractivity contribution in [2.24, 2.45) is 0 Å². The monoisotopic (exact) mass is 508 g/mol. The number of hydrogen-bond acceptors (Lipinski definition) is 6.